The number of rotatable bonds is 7. The molecule has 0 saturated carbocycles. The first-order chi connectivity index (χ1) is 12.8. The number of benzene rings is 1. The van der Waals surface area contributed by atoms with Gasteiger partial charge in [0.25, 0.3) is 0 Å². The zero-order chi connectivity index (χ0) is 20.0. The van der Waals surface area contributed by atoms with Crippen LogP contribution in [0.25, 0.3) is 10.4 Å². The Balaban J connectivity index is 2.33. The second kappa shape index (κ2) is 9.38. The number of thioether (sulfide) groups is 1. The summed E-state index contributed by atoms with van der Waals surface area (Å²) in [5.41, 5.74) is 14.3. The summed E-state index contributed by atoms with van der Waals surface area (Å²) in [6.07, 6.45) is -5.76. The van der Waals surface area contributed by atoms with Gasteiger partial charge >= 0.3 is 5.97 Å². The molecule has 10 nitrogen and oxygen atoms in total. The molecule has 1 aliphatic rings. The molecule has 1 fully saturated rings. The van der Waals surface area contributed by atoms with Crippen LogP contribution < -0.4 is 5.73 Å². The van der Waals surface area contributed by atoms with E-state index in [0.717, 1.165) is 11.8 Å². The van der Waals surface area contributed by atoms with Gasteiger partial charge in [-0.25, -0.2) is 4.79 Å². The molecule has 0 amide bonds. The molecule has 1 aromatic carbocycles. The maximum atomic E-state index is 12.5. The molecule has 0 bridgehead atoms. The van der Waals surface area contributed by atoms with Crippen LogP contribution in [-0.4, -0.2) is 70.3 Å². The number of azide groups is 1. The average Bonchev–Trinajstić information content (AvgIpc) is 2.68. The molecule has 1 unspecified atom stereocenters. The topological polar surface area (TPSA) is 171 Å². The van der Waals surface area contributed by atoms with Crippen LogP contribution in [0, 0.1) is 0 Å². The van der Waals surface area contributed by atoms with Crippen LogP contribution >= 0.6 is 11.8 Å². The minimum atomic E-state index is -1.67. The van der Waals surface area contributed by atoms with Crippen molar-refractivity contribution in [1.29, 1.82) is 0 Å². The number of hydrogen-bond donors (Lipinski definition) is 4. The summed E-state index contributed by atoms with van der Waals surface area (Å²) >= 11 is 1.01. The number of aliphatic hydroxyl groups excluding tert-OH is 3. The number of nitrogens with two attached hydrogens (primary N) is 1. The van der Waals surface area contributed by atoms with E-state index < -0.39 is 47.9 Å². The second-order valence-electron chi connectivity index (χ2n) is 6.06. The van der Waals surface area contributed by atoms with E-state index >= 15 is 0 Å². The van der Waals surface area contributed by atoms with Gasteiger partial charge in [-0.3, -0.25) is 0 Å². The molecule has 1 aliphatic heterocycles. The lowest BCUT2D eigenvalue weighted by Crippen LogP contribution is -2.64. The number of carbonyl (C=O) groups excluding carboxylic acids is 1. The number of methoxy groups -OCH3 is 1. The van der Waals surface area contributed by atoms with Crippen LogP contribution in [0.4, 0.5) is 0 Å². The zero-order valence-electron chi connectivity index (χ0n) is 14.6. The fraction of sp³-hybridized carbons (Fsp3) is 0.562. The third-order valence-electron chi connectivity index (χ3n) is 4.21. The van der Waals surface area contributed by atoms with Gasteiger partial charge in [-0.05, 0) is 17.7 Å². The lowest BCUT2D eigenvalue weighted by molar-refractivity contribution is -0.200. The van der Waals surface area contributed by atoms with Gasteiger partial charge in [0.2, 0.25) is 4.93 Å². The van der Waals surface area contributed by atoms with Crippen molar-refractivity contribution in [1.82, 2.24) is 0 Å². The molecule has 0 aliphatic carbocycles. The number of ether oxygens (including phenoxy) is 2. The van der Waals surface area contributed by atoms with Crippen molar-refractivity contribution in [2.75, 3.05) is 13.7 Å². The van der Waals surface area contributed by atoms with Crippen LogP contribution in [0.1, 0.15) is 6.42 Å². The van der Waals surface area contributed by atoms with Gasteiger partial charge in [-0.15, -0.1) is 0 Å². The second-order valence-corrected chi connectivity index (χ2v) is 7.40. The lowest BCUT2D eigenvalue weighted by atomic mass is 9.90. The molecule has 148 valence electrons. The van der Waals surface area contributed by atoms with E-state index in [0.29, 0.717) is 4.90 Å². The Labute approximate surface area is 159 Å². The maximum Gasteiger partial charge on any atom is 0.349 e. The fourth-order valence-electron chi connectivity index (χ4n) is 2.79. The molecular formula is C16H22N4O6S. The molecule has 1 heterocycles. The van der Waals surface area contributed by atoms with Crippen molar-refractivity contribution < 1.29 is 29.6 Å². The quantitative estimate of drug-likeness (QED) is 0.218. The van der Waals surface area contributed by atoms with Gasteiger partial charge in [0.15, 0.2) is 0 Å². The zero-order valence-corrected chi connectivity index (χ0v) is 15.4. The third-order valence-corrected chi connectivity index (χ3v) is 5.48. The Morgan fingerprint density at radius 3 is 2.78 bits per heavy atom. The van der Waals surface area contributed by atoms with Crippen molar-refractivity contribution in [3.05, 3.63) is 40.8 Å². The van der Waals surface area contributed by atoms with Crippen LogP contribution in [0.3, 0.4) is 0 Å². The summed E-state index contributed by atoms with van der Waals surface area (Å²) in [4.78, 5) is 14.0. The molecule has 1 aromatic rings. The third kappa shape index (κ3) is 4.90. The Bertz CT molecular complexity index is 689. The van der Waals surface area contributed by atoms with Gasteiger partial charge in [-0.1, -0.05) is 35.1 Å². The number of aliphatic hydroxyl groups is 3. The summed E-state index contributed by atoms with van der Waals surface area (Å²) in [5.74, 6) is -0.760. The van der Waals surface area contributed by atoms with E-state index in [4.69, 9.17) is 20.7 Å². The summed E-state index contributed by atoms with van der Waals surface area (Å²) in [5, 5.41) is 34.0. The van der Waals surface area contributed by atoms with Crippen molar-refractivity contribution in [3.63, 3.8) is 0 Å². The predicted octanol–water partition coefficient (Wildman–Crippen LogP) is 0.157. The Hall–Kier alpha value is -1.85. The first kappa shape index (κ1) is 21.5. The van der Waals surface area contributed by atoms with Gasteiger partial charge in [-0.2, -0.15) is 0 Å². The Morgan fingerprint density at radius 1 is 1.52 bits per heavy atom. The van der Waals surface area contributed by atoms with Crippen molar-refractivity contribution >= 4 is 17.7 Å². The van der Waals surface area contributed by atoms with Crippen LogP contribution in [-0.2, 0) is 14.3 Å². The minimum absolute atomic E-state index is 0.171. The predicted molar refractivity (Wildman–Crippen MR) is 96.5 cm³/mol. The van der Waals surface area contributed by atoms with Crippen LogP contribution in [0.15, 0.2) is 40.3 Å². The molecular weight excluding hydrogens is 376 g/mol. The average molecular weight is 398 g/mol. The molecule has 6 atom stereocenters. The SMILES string of the molecule is COC(=O)[C@@]1(Sc2ccccc2)C[C@@H](O)[C@@H](N)C([C@H](O)[C@H](O)CN=[N+]=[N-])O1. The van der Waals surface area contributed by atoms with E-state index in [2.05, 4.69) is 10.0 Å². The molecule has 2 rings (SSSR count). The van der Waals surface area contributed by atoms with E-state index in [1.807, 2.05) is 0 Å². The van der Waals surface area contributed by atoms with Crippen LogP contribution in [0.2, 0.25) is 0 Å². The Morgan fingerprint density at radius 2 is 2.19 bits per heavy atom. The van der Waals surface area contributed by atoms with Crippen LogP contribution in [0.5, 0.6) is 0 Å². The highest BCUT2D eigenvalue weighted by Crippen LogP contribution is 2.44. The molecule has 0 aromatic heterocycles. The largest absolute Gasteiger partial charge is 0.466 e. The van der Waals surface area contributed by atoms with Gasteiger partial charge < -0.3 is 30.5 Å². The monoisotopic (exact) mass is 398 g/mol. The van der Waals surface area contributed by atoms with E-state index in [1.54, 1.807) is 30.3 Å². The van der Waals surface area contributed by atoms with E-state index in [1.165, 1.54) is 7.11 Å². The Kier molecular flexibility index (Phi) is 7.45. The van der Waals surface area contributed by atoms with Gasteiger partial charge in [0.05, 0.1) is 31.9 Å². The molecule has 11 heteroatoms. The van der Waals surface area contributed by atoms with E-state index in [9.17, 15) is 20.1 Å². The molecule has 5 N–H and O–H groups in total. The molecule has 0 spiro atoms. The normalized spacial score (nSPS) is 30.0. The smallest absolute Gasteiger partial charge is 0.349 e. The molecule has 0 radical (unpaired) electrons. The van der Waals surface area contributed by atoms with Crippen molar-refractivity contribution in [3.8, 4) is 0 Å². The molecule has 1 saturated heterocycles. The standard InChI is InChI=1S/C16H22N4O6S/c1-25-15(24)16(27-9-5-3-2-4-6-9)7-10(21)12(17)14(26-16)13(23)11(22)8-19-20-18/h2-6,10-14,21-23H,7-8,17H2,1H3/t10-,11-,12-,13-,14?,16+/m1/s1. The first-order valence-corrected chi connectivity index (χ1v) is 8.97. The maximum absolute atomic E-state index is 12.5. The van der Waals surface area contributed by atoms with E-state index in [-0.39, 0.29) is 6.42 Å². The summed E-state index contributed by atoms with van der Waals surface area (Å²) in [7, 11) is 1.18. The van der Waals surface area contributed by atoms with Crippen molar-refractivity contribution in [2.45, 2.75) is 46.7 Å². The lowest BCUT2D eigenvalue weighted by Gasteiger charge is -2.45. The highest BCUT2D eigenvalue weighted by Gasteiger charge is 2.54. The molecule has 27 heavy (non-hydrogen) atoms. The van der Waals surface area contributed by atoms with Gasteiger partial charge in [0.1, 0.15) is 12.2 Å². The highest BCUT2D eigenvalue weighted by molar-refractivity contribution is 8.01. The first-order valence-electron chi connectivity index (χ1n) is 8.15. The van der Waals surface area contributed by atoms with Crippen molar-refractivity contribution in [2.24, 2.45) is 10.8 Å². The number of carbonyl (C=O) groups is 1. The minimum Gasteiger partial charge on any atom is -0.466 e. The summed E-state index contributed by atoms with van der Waals surface area (Å²) in [6, 6.07) is 7.78. The summed E-state index contributed by atoms with van der Waals surface area (Å²) < 4.78 is 10.7. The van der Waals surface area contributed by atoms with Gasteiger partial charge in [0, 0.05) is 16.2 Å². The number of nitrogens with zero attached hydrogens (tertiary/aromatic N) is 3. The number of hydrogen-bond acceptors (Lipinski definition) is 9. The fourth-order valence-corrected chi connectivity index (χ4v) is 4.05. The number of esters is 1. The summed E-state index contributed by atoms with van der Waals surface area (Å²) in [6.45, 7) is -0.419. The highest BCUT2D eigenvalue weighted by atomic mass is 32.2.